The van der Waals surface area contributed by atoms with E-state index in [1.165, 1.54) is 0 Å². The highest BCUT2D eigenvalue weighted by Gasteiger charge is 2.28. The molecule has 2 aromatic rings. The van der Waals surface area contributed by atoms with Crippen LogP contribution < -0.4 is 5.32 Å². The van der Waals surface area contributed by atoms with E-state index in [-0.39, 0.29) is 18.4 Å². The van der Waals surface area contributed by atoms with Crippen molar-refractivity contribution in [3.8, 4) is 0 Å². The highest BCUT2D eigenvalue weighted by molar-refractivity contribution is 6.35. The summed E-state index contributed by atoms with van der Waals surface area (Å²) in [5, 5.41) is 3.99. The zero-order valence-corrected chi connectivity index (χ0v) is 19.3. The first kappa shape index (κ1) is 24.2. The topological polar surface area (TPSA) is 49.4 Å². The molecule has 1 N–H and O–H groups in total. The highest BCUT2D eigenvalue weighted by Crippen LogP contribution is 2.24. The molecule has 0 fully saturated rings. The number of hydrogen-bond acceptors (Lipinski definition) is 2. The second-order valence-corrected chi connectivity index (χ2v) is 8.65. The molecule has 0 heterocycles. The molecular formula is C24H30Cl2N2O2. The summed E-state index contributed by atoms with van der Waals surface area (Å²) in [6.07, 6.45) is 1.46. The molecule has 2 amide bonds. The van der Waals surface area contributed by atoms with E-state index in [4.69, 9.17) is 23.2 Å². The standard InChI is InChI=1S/C24H30Cl2N2O2/c1-4-22(24(30)27-15-17(2)3)28(16-19-11-12-20(25)14-21(19)26)23(29)13-10-18-8-6-5-7-9-18/h5-9,11-12,14,17,22H,4,10,13,15-16H2,1-3H3,(H,27,30)/t22-/m1/s1. The Kier molecular flexibility index (Phi) is 9.67. The average molecular weight is 449 g/mol. The van der Waals surface area contributed by atoms with Gasteiger partial charge in [0.05, 0.1) is 0 Å². The number of aryl methyl sites for hydroxylation is 1. The number of nitrogens with one attached hydrogen (secondary N) is 1. The van der Waals surface area contributed by atoms with Crippen molar-refractivity contribution in [2.75, 3.05) is 6.54 Å². The molecule has 0 aliphatic rings. The van der Waals surface area contributed by atoms with Crippen LogP contribution in [-0.2, 0) is 22.6 Å². The minimum Gasteiger partial charge on any atom is -0.354 e. The lowest BCUT2D eigenvalue weighted by Crippen LogP contribution is -2.49. The normalized spacial score (nSPS) is 11.9. The summed E-state index contributed by atoms with van der Waals surface area (Å²) in [6, 6.07) is 14.5. The number of hydrogen-bond donors (Lipinski definition) is 1. The van der Waals surface area contributed by atoms with Crippen LogP contribution in [-0.4, -0.2) is 29.3 Å². The molecule has 2 aromatic carbocycles. The SMILES string of the molecule is CC[C@H](C(=O)NCC(C)C)N(Cc1ccc(Cl)cc1Cl)C(=O)CCc1ccccc1. The molecule has 6 heteroatoms. The molecule has 0 aliphatic heterocycles. The second-order valence-electron chi connectivity index (χ2n) is 7.81. The Morgan fingerprint density at radius 2 is 1.77 bits per heavy atom. The zero-order valence-electron chi connectivity index (χ0n) is 17.8. The lowest BCUT2D eigenvalue weighted by Gasteiger charge is -2.31. The van der Waals surface area contributed by atoms with Crippen molar-refractivity contribution in [3.63, 3.8) is 0 Å². The number of carbonyl (C=O) groups excluding carboxylic acids is 2. The molecule has 0 bridgehead atoms. The lowest BCUT2D eigenvalue weighted by molar-refractivity contribution is -0.141. The number of benzene rings is 2. The van der Waals surface area contributed by atoms with Crippen LogP contribution in [0.25, 0.3) is 0 Å². The fourth-order valence-corrected chi connectivity index (χ4v) is 3.68. The molecular weight excluding hydrogens is 419 g/mol. The van der Waals surface area contributed by atoms with Gasteiger partial charge < -0.3 is 10.2 Å². The number of nitrogens with zero attached hydrogens (tertiary/aromatic N) is 1. The van der Waals surface area contributed by atoms with Gasteiger partial charge in [0.15, 0.2) is 0 Å². The quantitative estimate of drug-likeness (QED) is 0.520. The van der Waals surface area contributed by atoms with Gasteiger partial charge >= 0.3 is 0 Å². The fraction of sp³-hybridized carbons (Fsp3) is 0.417. The molecule has 0 spiro atoms. The van der Waals surface area contributed by atoms with Crippen LogP contribution in [0, 0.1) is 5.92 Å². The monoisotopic (exact) mass is 448 g/mol. The molecule has 162 valence electrons. The van der Waals surface area contributed by atoms with E-state index in [0.717, 1.165) is 11.1 Å². The summed E-state index contributed by atoms with van der Waals surface area (Å²) in [4.78, 5) is 27.7. The minimum atomic E-state index is -0.557. The van der Waals surface area contributed by atoms with Gasteiger partial charge in [-0.3, -0.25) is 9.59 Å². The van der Waals surface area contributed by atoms with Gasteiger partial charge in [-0.2, -0.15) is 0 Å². The maximum absolute atomic E-state index is 13.2. The fourth-order valence-electron chi connectivity index (χ4n) is 3.22. The van der Waals surface area contributed by atoms with Crippen LogP contribution in [0.4, 0.5) is 0 Å². The molecule has 0 saturated heterocycles. The lowest BCUT2D eigenvalue weighted by atomic mass is 10.1. The van der Waals surface area contributed by atoms with Crippen LogP contribution in [0.3, 0.4) is 0 Å². The number of halogens is 2. The van der Waals surface area contributed by atoms with Crippen molar-refractivity contribution in [2.45, 2.75) is 52.6 Å². The van der Waals surface area contributed by atoms with Crippen molar-refractivity contribution in [1.29, 1.82) is 0 Å². The Labute approximate surface area is 189 Å². The van der Waals surface area contributed by atoms with Gasteiger partial charge in [0.2, 0.25) is 11.8 Å². The molecule has 0 radical (unpaired) electrons. The molecule has 30 heavy (non-hydrogen) atoms. The Bertz CT molecular complexity index is 840. The van der Waals surface area contributed by atoms with Crippen molar-refractivity contribution in [3.05, 3.63) is 69.7 Å². The smallest absolute Gasteiger partial charge is 0.242 e. The maximum atomic E-state index is 13.2. The summed E-state index contributed by atoms with van der Waals surface area (Å²) in [5.41, 5.74) is 1.86. The van der Waals surface area contributed by atoms with E-state index in [9.17, 15) is 9.59 Å². The first-order chi connectivity index (χ1) is 14.3. The van der Waals surface area contributed by atoms with E-state index in [1.807, 2.05) is 51.1 Å². The third kappa shape index (κ3) is 7.33. The van der Waals surface area contributed by atoms with E-state index < -0.39 is 6.04 Å². The van der Waals surface area contributed by atoms with Gasteiger partial charge in [0.1, 0.15) is 6.04 Å². The molecule has 1 atom stereocenters. The average Bonchev–Trinajstić information content (AvgIpc) is 2.72. The minimum absolute atomic E-state index is 0.0728. The third-order valence-corrected chi connectivity index (χ3v) is 5.48. The molecule has 0 aromatic heterocycles. The van der Waals surface area contributed by atoms with Gasteiger partial charge in [-0.05, 0) is 42.0 Å². The summed E-state index contributed by atoms with van der Waals surface area (Å²) in [5.74, 6) is 0.125. The van der Waals surface area contributed by atoms with Gasteiger partial charge in [0, 0.05) is 29.6 Å². The maximum Gasteiger partial charge on any atom is 0.242 e. The predicted octanol–water partition coefficient (Wildman–Crippen LogP) is 5.51. The first-order valence-corrected chi connectivity index (χ1v) is 11.1. The van der Waals surface area contributed by atoms with E-state index >= 15 is 0 Å². The second kappa shape index (κ2) is 12.0. The van der Waals surface area contributed by atoms with Gasteiger partial charge in [-0.15, -0.1) is 0 Å². The molecule has 0 saturated carbocycles. The van der Waals surface area contributed by atoms with Gasteiger partial charge in [-0.1, -0.05) is 80.4 Å². The van der Waals surface area contributed by atoms with Crippen LogP contribution in [0.5, 0.6) is 0 Å². The van der Waals surface area contributed by atoms with Crippen LogP contribution >= 0.6 is 23.2 Å². The largest absolute Gasteiger partial charge is 0.354 e. The van der Waals surface area contributed by atoms with Crippen molar-refractivity contribution >= 4 is 35.0 Å². The van der Waals surface area contributed by atoms with Crippen LogP contribution in [0.2, 0.25) is 10.0 Å². The Hall–Kier alpha value is -2.04. The predicted molar refractivity (Wildman–Crippen MR) is 124 cm³/mol. The number of amides is 2. The first-order valence-electron chi connectivity index (χ1n) is 10.4. The molecule has 0 unspecified atom stereocenters. The molecule has 0 aliphatic carbocycles. The zero-order chi connectivity index (χ0) is 22.1. The Balaban J connectivity index is 2.22. The van der Waals surface area contributed by atoms with E-state index in [0.29, 0.717) is 41.8 Å². The molecule has 2 rings (SSSR count). The Morgan fingerprint density at radius 3 is 2.37 bits per heavy atom. The summed E-state index contributed by atoms with van der Waals surface area (Å²) < 4.78 is 0. The van der Waals surface area contributed by atoms with E-state index in [2.05, 4.69) is 5.32 Å². The van der Waals surface area contributed by atoms with Crippen molar-refractivity contribution in [2.24, 2.45) is 5.92 Å². The summed E-state index contributed by atoms with van der Waals surface area (Å²) in [7, 11) is 0. The Morgan fingerprint density at radius 1 is 1.07 bits per heavy atom. The number of carbonyl (C=O) groups is 2. The van der Waals surface area contributed by atoms with Crippen molar-refractivity contribution < 1.29 is 9.59 Å². The van der Waals surface area contributed by atoms with Crippen molar-refractivity contribution in [1.82, 2.24) is 10.2 Å². The summed E-state index contributed by atoms with van der Waals surface area (Å²) >= 11 is 12.4. The van der Waals surface area contributed by atoms with Gasteiger partial charge in [0.25, 0.3) is 0 Å². The van der Waals surface area contributed by atoms with Crippen LogP contribution in [0.1, 0.15) is 44.7 Å². The summed E-state index contributed by atoms with van der Waals surface area (Å²) in [6.45, 7) is 6.83. The number of rotatable bonds is 10. The van der Waals surface area contributed by atoms with Crippen LogP contribution in [0.15, 0.2) is 48.5 Å². The molecule has 4 nitrogen and oxygen atoms in total. The van der Waals surface area contributed by atoms with Gasteiger partial charge in [-0.25, -0.2) is 0 Å². The third-order valence-electron chi connectivity index (χ3n) is 4.90. The van der Waals surface area contributed by atoms with E-state index in [1.54, 1.807) is 23.1 Å². The highest BCUT2D eigenvalue weighted by atomic mass is 35.5.